The molecule has 0 saturated heterocycles. The molecule has 0 aromatic rings. The summed E-state index contributed by atoms with van der Waals surface area (Å²) >= 11 is 0. The molecule has 0 N–H and O–H groups in total. The Labute approximate surface area is 99.6 Å². The number of amidine groups is 1. The lowest BCUT2D eigenvalue weighted by Crippen LogP contribution is -2.55. The Morgan fingerprint density at radius 1 is 1.00 bits per heavy atom. The van der Waals surface area contributed by atoms with E-state index in [4.69, 9.17) is 10.7 Å². The lowest BCUT2D eigenvalue weighted by atomic mass is 10.1. The van der Waals surface area contributed by atoms with Gasteiger partial charge >= 0.3 is 18.0 Å². The highest BCUT2D eigenvalue weighted by atomic mass is 19.4. The monoisotopic (exact) mass is 285 g/mol. The van der Waals surface area contributed by atoms with Crippen LogP contribution in [0.2, 0.25) is 0 Å². The molecule has 19 heavy (non-hydrogen) atoms. The second-order valence-corrected chi connectivity index (χ2v) is 3.11. The van der Waals surface area contributed by atoms with E-state index >= 15 is 0 Å². The number of halogens is 7. The van der Waals surface area contributed by atoms with Crippen molar-refractivity contribution < 1.29 is 30.7 Å². The topological polar surface area (TPSA) is 70.8 Å². The Kier molecular flexibility index (Phi) is 3.26. The first kappa shape index (κ1) is 14.8. The van der Waals surface area contributed by atoms with Crippen LogP contribution in [0, 0.1) is 11.3 Å². The molecule has 11 heteroatoms. The number of hydrogen-bond acceptors (Lipinski definition) is 3. The van der Waals surface area contributed by atoms with E-state index < -0.39 is 35.3 Å². The Balaban J connectivity index is 3.37. The van der Waals surface area contributed by atoms with Gasteiger partial charge in [-0.1, -0.05) is 0 Å². The molecule has 1 aliphatic heterocycles. The molecule has 1 rings (SSSR count). The molecule has 102 valence electrons. The number of aliphatic imine (C=N–C) groups is 2. The van der Waals surface area contributed by atoms with Gasteiger partial charge in [0.15, 0.2) is 5.71 Å². The highest BCUT2D eigenvalue weighted by Crippen LogP contribution is 2.48. The van der Waals surface area contributed by atoms with Crippen molar-refractivity contribution in [1.82, 2.24) is 0 Å². The molecule has 0 amide bonds. The molecule has 0 aromatic carbocycles. The van der Waals surface area contributed by atoms with Gasteiger partial charge in [-0.05, 0) is 0 Å². The van der Waals surface area contributed by atoms with Gasteiger partial charge in [0, 0.05) is 0 Å². The van der Waals surface area contributed by atoms with E-state index in [0.29, 0.717) is 0 Å². The molecule has 1 aliphatic rings. The van der Waals surface area contributed by atoms with Crippen molar-refractivity contribution in [3.63, 3.8) is 0 Å². The van der Waals surface area contributed by atoms with Crippen molar-refractivity contribution >= 4 is 17.4 Å². The van der Waals surface area contributed by atoms with Crippen LogP contribution in [-0.2, 0) is 0 Å². The van der Waals surface area contributed by atoms with E-state index in [1.807, 2.05) is 0 Å². The standard InChI is InChI=1S/C8F7N4/c9-6(10,7(11,12)8(13,14)15)5-18-3(1-16)4(2-17)19-5/q-1. The van der Waals surface area contributed by atoms with Crippen molar-refractivity contribution in [2.45, 2.75) is 18.0 Å². The molecule has 0 unspecified atom stereocenters. The lowest BCUT2D eigenvalue weighted by molar-refractivity contribution is -0.336. The molecule has 0 atom stereocenters. The van der Waals surface area contributed by atoms with Gasteiger partial charge in [-0.2, -0.15) is 36.0 Å². The fourth-order valence-corrected chi connectivity index (χ4v) is 0.957. The van der Waals surface area contributed by atoms with Crippen molar-refractivity contribution in [2.75, 3.05) is 0 Å². The first-order valence-electron chi connectivity index (χ1n) is 4.16. The summed E-state index contributed by atoms with van der Waals surface area (Å²) in [6, 6.07) is 1.07. The summed E-state index contributed by atoms with van der Waals surface area (Å²) in [6.07, 6.45) is -6.54. The van der Waals surface area contributed by atoms with Crippen molar-refractivity contribution in [3.8, 4) is 6.07 Å². The van der Waals surface area contributed by atoms with Crippen LogP contribution in [-0.4, -0.2) is 35.4 Å². The maximum Gasteiger partial charge on any atom is 0.460 e. The molecule has 0 saturated carbocycles. The van der Waals surface area contributed by atoms with E-state index in [1.54, 1.807) is 0 Å². The Hall–Kier alpha value is -2.21. The molecule has 0 radical (unpaired) electrons. The smallest absolute Gasteiger partial charge is 0.460 e. The highest BCUT2D eigenvalue weighted by molar-refractivity contribution is 6.25. The van der Waals surface area contributed by atoms with E-state index in [9.17, 15) is 30.7 Å². The van der Waals surface area contributed by atoms with Crippen LogP contribution in [0.25, 0.3) is 5.41 Å². The second kappa shape index (κ2) is 4.17. The molecular formula is C8F7N4-. The first-order chi connectivity index (χ1) is 8.49. The predicted octanol–water partition coefficient (Wildman–Crippen LogP) is 2.32. The largest absolute Gasteiger partial charge is 0.761 e. The molecule has 0 aliphatic carbocycles. The SMILES string of the molecule is N#CC1=NC(C(F)(F)C(F)(F)C(F)(F)F)=NC1=C=[N-]. The van der Waals surface area contributed by atoms with Gasteiger partial charge < -0.3 is 5.41 Å². The zero-order valence-electron chi connectivity index (χ0n) is 8.43. The van der Waals surface area contributed by atoms with Crippen molar-refractivity contribution in [1.29, 1.82) is 5.26 Å². The fourth-order valence-electron chi connectivity index (χ4n) is 0.957. The van der Waals surface area contributed by atoms with Crippen LogP contribution >= 0.6 is 0 Å². The van der Waals surface area contributed by atoms with Crippen LogP contribution in [0.15, 0.2) is 15.7 Å². The van der Waals surface area contributed by atoms with Gasteiger partial charge in [0.1, 0.15) is 11.8 Å². The molecule has 1 heterocycles. The summed E-state index contributed by atoms with van der Waals surface area (Å²) in [7, 11) is 0. The van der Waals surface area contributed by atoms with Crippen LogP contribution in [0.5, 0.6) is 0 Å². The maximum atomic E-state index is 13.1. The molecule has 0 fully saturated rings. The quantitative estimate of drug-likeness (QED) is 0.567. The van der Waals surface area contributed by atoms with E-state index in [0.717, 1.165) is 11.9 Å². The second-order valence-electron chi connectivity index (χ2n) is 3.11. The first-order valence-corrected chi connectivity index (χ1v) is 4.16. The van der Waals surface area contributed by atoms with Crippen LogP contribution < -0.4 is 0 Å². The van der Waals surface area contributed by atoms with Gasteiger partial charge in [0.25, 0.3) is 0 Å². The van der Waals surface area contributed by atoms with E-state index in [2.05, 4.69) is 9.98 Å². The average molecular weight is 285 g/mol. The van der Waals surface area contributed by atoms with Crippen LogP contribution in [0.3, 0.4) is 0 Å². The lowest BCUT2D eigenvalue weighted by Gasteiger charge is -2.26. The average Bonchev–Trinajstić information content (AvgIpc) is 2.70. The molecular weight excluding hydrogens is 285 g/mol. The normalized spacial score (nSPS) is 16.6. The Bertz CT molecular complexity index is 557. The van der Waals surface area contributed by atoms with Gasteiger partial charge in [-0.25, -0.2) is 15.9 Å². The maximum absolute atomic E-state index is 13.1. The fraction of sp³-hybridized carbons (Fsp3) is 0.375. The zero-order valence-corrected chi connectivity index (χ0v) is 8.43. The number of nitriles is 1. The summed E-state index contributed by atoms with van der Waals surface area (Å²) in [6.45, 7) is 0. The molecule has 0 bridgehead atoms. The van der Waals surface area contributed by atoms with Crippen LogP contribution in [0.4, 0.5) is 30.7 Å². The summed E-state index contributed by atoms with van der Waals surface area (Å²) in [5, 5.41) is 16.7. The summed E-state index contributed by atoms with van der Waals surface area (Å²) in [5.74, 6) is -13.4. The summed E-state index contributed by atoms with van der Waals surface area (Å²) < 4.78 is 87.0. The van der Waals surface area contributed by atoms with Gasteiger partial charge in [-0.15, -0.1) is 0 Å². The predicted molar refractivity (Wildman–Crippen MR) is 48.3 cm³/mol. The third-order valence-corrected chi connectivity index (χ3v) is 1.90. The Morgan fingerprint density at radius 3 is 1.84 bits per heavy atom. The van der Waals surface area contributed by atoms with Gasteiger partial charge in [0.2, 0.25) is 5.84 Å². The summed E-state index contributed by atoms with van der Waals surface area (Å²) in [5.41, 5.74) is -2.12. The number of alkyl halides is 7. The van der Waals surface area contributed by atoms with E-state index in [1.165, 1.54) is 0 Å². The molecule has 0 aromatic heterocycles. The number of hydrogen-bond donors (Lipinski definition) is 0. The minimum Gasteiger partial charge on any atom is -0.761 e. The minimum atomic E-state index is -6.54. The number of nitrogens with zero attached hydrogens (tertiary/aromatic N) is 4. The Morgan fingerprint density at radius 2 is 1.53 bits per heavy atom. The number of allylic oxidation sites excluding steroid dienone is 1. The highest BCUT2D eigenvalue weighted by Gasteiger charge is 2.75. The minimum absolute atomic E-state index is 1.06. The zero-order chi connectivity index (χ0) is 15.1. The number of rotatable bonds is 2. The molecule has 0 spiro atoms. The van der Waals surface area contributed by atoms with Gasteiger partial charge in [-0.3, -0.25) is 0 Å². The summed E-state index contributed by atoms with van der Waals surface area (Å²) in [4.78, 5) is 5.05. The van der Waals surface area contributed by atoms with Gasteiger partial charge in [0.05, 0.1) is 0 Å². The third kappa shape index (κ3) is 2.10. The van der Waals surface area contributed by atoms with Crippen LogP contribution in [0.1, 0.15) is 0 Å². The third-order valence-electron chi connectivity index (χ3n) is 1.90. The molecule has 4 nitrogen and oxygen atoms in total. The van der Waals surface area contributed by atoms with E-state index in [-0.39, 0.29) is 0 Å². The van der Waals surface area contributed by atoms with Crippen molar-refractivity contribution in [2.24, 2.45) is 9.98 Å². The van der Waals surface area contributed by atoms with Crippen molar-refractivity contribution in [3.05, 3.63) is 11.1 Å².